The predicted octanol–water partition coefficient (Wildman–Crippen LogP) is -1.34. The van der Waals surface area contributed by atoms with E-state index in [1.807, 2.05) is 0 Å². The van der Waals surface area contributed by atoms with Gasteiger partial charge in [-0.3, -0.25) is 4.57 Å². The quantitative estimate of drug-likeness (QED) is 0.379. The largest absolute Gasteiger partial charge is 0.493 e. The lowest BCUT2D eigenvalue weighted by molar-refractivity contribution is 0.000448. The molecule has 19 heavy (non-hydrogen) atoms. The van der Waals surface area contributed by atoms with Crippen molar-refractivity contribution in [3.05, 3.63) is 6.07 Å². The van der Waals surface area contributed by atoms with Gasteiger partial charge in [0.2, 0.25) is 17.7 Å². The van der Waals surface area contributed by atoms with E-state index in [1.54, 1.807) is 0 Å². The average molecular weight is 295 g/mol. The van der Waals surface area contributed by atoms with Crippen molar-refractivity contribution in [3.63, 3.8) is 0 Å². The van der Waals surface area contributed by atoms with Crippen LogP contribution < -0.4 is 10.5 Å². The normalized spacial score (nSPS) is 13.2. The van der Waals surface area contributed by atoms with Crippen LogP contribution in [0.15, 0.2) is 6.07 Å². The molecule has 1 rings (SSSR count). The van der Waals surface area contributed by atoms with Gasteiger partial charge in [-0.05, 0) is 0 Å². The third kappa shape index (κ3) is 6.32. The molecule has 6 N–H and O–H groups in total. The van der Waals surface area contributed by atoms with Gasteiger partial charge in [-0.15, -0.1) is 0 Å². The third-order valence-corrected chi connectivity index (χ3v) is 2.29. The highest BCUT2D eigenvalue weighted by atomic mass is 31.2. The Morgan fingerprint density at radius 2 is 2.11 bits per heavy atom. The Morgan fingerprint density at radius 3 is 2.63 bits per heavy atom. The van der Waals surface area contributed by atoms with Gasteiger partial charge in [0.1, 0.15) is 19.1 Å². The molecular weight excluding hydrogens is 281 g/mol. The maximum absolute atomic E-state index is 10.6. The summed E-state index contributed by atoms with van der Waals surface area (Å²) in [4.78, 5) is 24.3. The fraction of sp³-hybridized carbons (Fsp3) is 0.500. The summed E-state index contributed by atoms with van der Waals surface area (Å²) in [5.74, 6) is -0.644. The molecule has 0 fully saturated rings. The van der Waals surface area contributed by atoms with Crippen molar-refractivity contribution < 1.29 is 34.0 Å². The maximum Gasteiger partial charge on any atom is 0.350 e. The minimum atomic E-state index is -4.32. The third-order valence-electron chi connectivity index (χ3n) is 1.81. The van der Waals surface area contributed by atoms with E-state index >= 15 is 0 Å². The van der Waals surface area contributed by atoms with Gasteiger partial charge in [0.05, 0.1) is 12.7 Å². The number of anilines is 1. The molecule has 10 nitrogen and oxygen atoms in total. The Bertz CT molecular complexity index is 445. The zero-order chi connectivity index (χ0) is 14.5. The van der Waals surface area contributed by atoms with Crippen molar-refractivity contribution in [2.24, 2.45) is 0 Å². The van der Waals surface area contributed by atoms with Gasteiger partial charge in [0.25, 0.3) is 0 Å². The van der Waals surface area contributed by atoms with E-state index in [0.29, 0.717) is 0 Å². The van der Waals surface area contributed by atoms with Gasteiger partial charge in [0, 0.05) is 0 Å². The fourth-order valence-electron chi connectivity index (χ4n) is 1.04. The topological polar surface area (TPSA) is 168 Å². The molecule has 0 aromatic carbocycles. The van der Waals surface area contributed by atoms with Crippen LogP contribution >= 0.6 is 7.60 Å². The molecule has 0 saturated heterocycles. The number of nitrogens with zero attached hydrogens (tertiary/aromatic N) is 2. The van der Waals surface area contributed by atoms with Crippen LogP contribution in [-0.4, -0.2) is 55.6 Å². The van der Waals surface area contributed by atoms with Gasteiger partial charge < -0.3 is 35.2 Å². The lowest BCUT2D eigenvalue weighted by Crippen LogP contribution is -2.26. The minimum absolute atomic E-state index is 0.0526. The number of hydrogen-bond donors (Lipinski definition) is 5. The standard InChI is InChI=1S/C8H14N3O7P/c9-8-10-6(13)1-7(11-8)17-3-5(2-12)18-4-19(14,15)16/h1,5,12H,2-4H2,(H2,14,15,16)(H3,9,10,11,13)/t5-/m1/s1. The zero-order valence-electron chi connectivity index (χ0n) is 9.71. The average Bonchev–Trinajstić information content (AvgIpc) is 2.26. The summed E-state index contributed by atoms with van der Waals surface area (Å²) in [7, 11) is -4.32. The van der Waals surface area contributed by atoms with Crippen molar-refractivity contribution in [2.45, 2.75) is 6.10 Å². The summed E-state index contributed by atoms with van der Waals surface area (Å²) in [5.41, 5.74) is 5.27. The van der Waals surface area contributed by atoms with Gasteiger partial charge in [-0.2, -0.15) is 9.97 Å². The van der Waals surface area contributed by atoms with Crippen molar-refractivity contribution in [1.82, 2.24) is 9.97 Å². The molecule has 0 spiro atoms. The summed E-state index contributed by atoms with van der Waals surface area (Å²) >= 11 is 0. The lowest BCUT2D eigenvalue weighted by atomic mass is 10.4. The SMILES string of the molecule is Nc1nc(O)cc(OC[C@@H](CO)OCP(=O)(O)O)n1. The van der Waals surface area contributed by atoms with E-state index in [9.17, 15) is 4.57 Å². The highest BCUT2D eigenvalue weighted by Crippen LogP contribution is 2.34. The number of aliphatic hydroxyl groups excluding tert-OH is 1. The van der Waals surface area contributed by atoms with Crippen molar-refractivity contribution >= 4 is 13.5 Å². The molecule has 1 aromatic heterocycles. The molecule has 0 aliphatic rings. The van der Waals surface area contributed by atoms with E-state index in [4.69, 9.17) is 35.2 Å². The van der Waals surface area contributed by atoms with Gasteiger partial charge in [-0.1, -0.05) is 0 Å². The van der Waals surface area contributed by atoms with Crippen molar-refractivity contribution in [3.8, 4) is 11.8 Å². The van der Waals surface area contributed by atoms with E-state index in [-0.39, 0.29) is 24.3 Å². The lowest BCUT2D eigenvalue weighted by Gasteiger charge is -2.16. The molecule has 1 atom stereocenters. The van der Waals surface area contributed by atoms with Crippen LogP contribution in [0.5, 0.6) is 11.8 Å². The number of aliphatic hydroxyl groups is 1. The van der Waals surface area contributed by atoms with Crippen LogP contribution in [-0.2, 0) is 9.30 Å². The molecule has 0 radical (unpaired) electrons. The Morgan fingerprint density at radius 1 is 1.42 bits per heavy atom. The monoisotopic (exact) mass is 295 g/mol. The van der Waals surface area contributed by atoms with Crippen LogP contribution in [0, 0.1) is 0 Å². The minimum Gasteiger partial charge on any atom is -0.493 e. The molecule has 108 valence electrons. The number of nitrogens with two attached hydrogens (primary N) is 1. The molecule has 11 heteroatoms. The van der Waals surface area contributed by atoms with Gasteiger partial charge in [0.15, 0.2) is 0 Å². The van der Waals surface area contributed by atoms with Crippen LogP contribution in [0.1, 0.15) is 0 Å². The number of rotatable bonds is 7. The van der Waals surface area contributed by atoms with E-state index in [2.05, 4.69) is 9.97 Å². The number of aromatic hydroxyl groups is 1. The van der Waals surface area contributed by atoms with Crippen molar-refractivity contribution in [1.29, 1.82) is 0 Å². The first kappa shape index (κ1) is 15.6. The molecule has 1 aromatic rings. The van der Waals surface area contributed by atoms with Crippen LogP contribution in [0.25, 0.3) is 0 Å². The number of ether oxygens (including phenoxy) is 2. The van der Waals surface area contributed by atoms with Crippen LogP contribution in [0.3, 0.4) is 0 Å². The molecular formula is C8H14N3O7P. The van der Waals surface area contributed by atoms with Gasteiger partial charge in [-0.25, -0.2) is 0 Å². The molecule has 1 heterocycles. The van der Waals surface area contributed by atoms with E-state index in [1.165, 1.54) is 0 Å². The van der Waals surface area contributed by atoms with Crippen molar-refractivity contribution in [2.75, 3.05) is 25.3 Å². The summed E-state index contributed by atoms with van der Waals surface area (Å²) in [6.45, 7) is -0.737. The molecule has 0 saturated carbocycles. The number of aromatic nitrogens is 2. The molecule has 0 bridgehead atoms. The molecule has 0 aliphatic carbocycles. The Hall–Kier alpha value is -1.45. The molecule has 0 unspecified atom stereocenters. The Balaban J connectivity index is 2.50. The van der Waals surface area contributed by atoms with Crippen LogP contribution in [0.2, 0.25) is 0 Å². The predicted molar refractivity (Wildman–Crippen MR) is 62.5 cm³/mol. The van der Waals surface area contributed by atoms with E-state index < -0.39 is 26.7 Å². The number of hydrogen-bond acceptors (Lipinski definition) is 8. The Kier molecular flexibility index (Phi) is 5.45. The second-order valence-electron chi connectivity index (χ2n) is 3.50. The summed E-state index contributed by atoms with van der Waals surface area (Å²) in [6, 6.07) is 1.09. The highest BCUT2D eigenvalue weighted by Gasteiger charge is 2.18. The van der Waals surface area contributed by atoms with Gasteiger partial charge >= 0.3 is 7.60 Å². The molecule has 0 amide bonds. The highest BCUT2D eigenvalue weighted by molar-refractivity contribution is 7.51. The Labute approximate surface area is 108 Å². The zero-order valence-corrected chi connectivity index (χ0v) is 10.6. The summed E-state index contributed by atoms with van der Waals surface area (Å²) < 4.78 is 20.4. The van der Waals surface area contributed by atoms with Crippen LogP contribution in [0.4, 0.5) is 5.95 Å². The smallest absolute Gasteiger partial charge is 0.350 e. The first-order valence-corrected chi connectivity index (χ1v) is 6.83. The second kappa shape index (κ2) is 6.64. The van der Waals surface area contributed by atoms with E-state index in [0.717, 1.165) is 6.07 Å². The maximum atomic E-state index is 10.6. The first-order chi connectivity index (χ1) is 8.80. The summed E-state index contributed by atoms with van der Waals surface area (Å²) in [6.07, 6.45) is -1.79. The number of nitrogen functional groups attached to an aromatic ring is 1. The fourth-order valence-corrected chi connectivity index (χ4v) is 1.44. The molecule has 0 aliphatic heterocycles. The second-order valence-corrected chi connectivity index (χ2v) is 5.09. The summed E-state index contributed by atoms with van der Waals surface area (Å²) in [5, 5.41) is 18.1. The first-order valence-electron chi connectivity index (χ1n) is 5.03.